The summed E-state index contributed by atoms with van der Waals surface area (Å²) in [6, 6.07) is 0. The van der Waals surface area contributed by atoms with Gasteiger partial charge in [-0.3, -0.25) is 9.59 Å². The predicted octanol–water partition coefficient (Wildman–Crippen LogP) is -0.378. The van der Waals surface area contributed by atoms with Crippen LogP contribution in [0.1, 0.15) is 23.6 Å². The zero-order valence-corrected chi connectivity index (χ0v) is 10.5. The number of nitrogens with zero attached hydrogens (tertiary/aromatic N) is 2. The number of hydrogen-bond acceptors (Lipinski definition) is 6. The van der Waals surface area contributed by atoms with Crippen molar-refractivity contribution in [1.82, 2.24) is 20.8 Å². The van der Waals surface area contributed by atoms with Crippen molar-refractivity contribution in [3.63, 3.8) is 0 Å². The molecule has 17 heavy (non-hydrogen) atoms. The van der Waals surface area contributed by atoms with E-state index >= 15 is 0 Å². The molecular weight excluding hydrogens is 242 g/mol. The Labute approximate surface area is 103 Å². The van der Waals surface area contributed by atoms with Gasteiger partial charge in [-0.15, -0.1) is 10.2 Å². The number of aromatic nitrogens is 2. The van der Waals surface area contributed by atoms with Crippen molar-refractivity contribution >= 4 is 28.3 Å². The van der Waals surface area contributed by atoms with E-state index in [1.54, 1.807) is 0 Å². The normalized spacial score (nSPS) is 10.3. The van der Waals surface area contributed by atoms with Gasteiger partial charge in [-0.05, 0) is 5.92 Å². The van der Waals surface area contributed by atoms with Crippen LogP contribution in [0.3, 0.4) is 0 Å². The van der Waals surface area contributed by atoms with E-state index in [0.717, 1.165) is 11.3 Å². The first-order valence-corrected chi connectivity index (χ1v) is 5.94. The van der Waals surface area contributed by atoms with Crippen LogP contribution < -0.4 is 16.4 Å². The molecule has 0 unspecified atom stereocenters. The van der Waals surface area contributed by atoms with Crippen molar-refractivity contribution in [3.05, 3.63) is 5.01 Å². The Hall–Kier alpha value is -1.70. The molecule has 0 aromatic carbocycles. The molecule has 7 nitrogen and oxygen atoms in total. The summed E-state index contributed by atoms with van der Waals surface area (Å²) in [6.45, 7) is 4.48. The van der Waals surface area contributed by atoms with Crippen LogP contribution in [0, 0.1) is 5.92 Å². The summed E-state index contributed by atoms with van der Waals surface area (Å²) in [6.07, 6.45) is 0. The molecule has 94 valence electrons. The molecule has 0 atom stereocenters. The average Bonchev–Trinajstić information content (AvgIpc) is 2.70. The fourth-order valence-electron chi connectivity index (χ4n) is 0.943. The van der Waals surface area contributed by atoms with Crippen LogP contribution in [0.4, 0.5) is 5.13 Å². The van der Waals surface area contributed by atoms with Crippen LogP contribution in [-0.2, 0) is 4.79 Å². The van der Waals surface area contributed by atoms with E-state index in [-0.39, 0.29) is 22.6 Å². The van der Waals surface area contributed by atoms with Gasteiger partial charge >= 0.3 is 0 Å². The Morgan fingerprint density at radius 1 is 1.35 bits per heavy atom. The zero-order valence-electron chi connectivity index (χ0n) is 9.69. The quantitative estimate of drug-likeness (QED) is 0.666. The number of nitrogens with one attached hydrogen (secondary N) is 2. The Bertz CT molecular complexity index is 404. The highest BCUT2D eigenvalue weighted by atomic mass is 32.1. The third-order valence-electron chi connectivity index (χ3n) is 1.75. The Morgan fingerprint density at radius 2 is 2.06 bits per heavy atom. The fourth-order valence-corrected chi connectivity index (χ4v) is 1.47. The van der Waals surface area contributed by atoms with Gasteiger partial charge in [0.25, 0.3) is 5.91 Å². The summed E-state index contributed by atoms with van der Waals surface area (Å²) in [5.74, 6) is -0.305. The van der Waals surface area contributed by atoms with Crippen molar-refractivity contribution in [2.24, 2.45) is 5.92 Å². The molecule has 0 saturated carbocycles. The van der Waals surface area contributed by atoms with Crippen LogP contribution in [-0.4, -0.2) is 35.1 Å². The van der Waals surface area contributed by atoms with Crippen molar-refractivity contribution in [2.45, 2.75) is 13.8 Å². The third kappa shape index (κ3) is 4.77. The molecule has 0 fully saturated rings. The number of nitrogens with two attached hydrogens (primary N) is 1. The number of anilines is 1. The first kappa shape index (κ1) is 13.4. The van der Waals surface area contributed by atoms with E-state index in [1.807, 2.05) is 13.8 Å². The number of amides is 2. The second-order valence-electron chi connectivity index (χ2n) is 3.83. The van der Waals surface area contributed by atoms with Crippen LogP contribution in [0.25, 0.3) is 0 Å². The molecule has 1 rings (SSSR count). The SMILES string of the molecule is CC(C)CNC(=O)CNC(=O)c1nnc(N)s1. The summed E-state index contributed by atoms with van der Waals surface area (Å²) in [5, 5.41) is 12.6. The van der Waals surface area contributed by atoms with Crippen molar-refractivity contribution < 1.29 is 9.59 Å². The van der Waals surface area contributed by atoms with Crippen LogP contribution in [0.5, 0.6) is 0 Å². The van der Waals surface area contributed by atoms with Crippen molar-refractivity contribution in [3.8, 4) is 0 Å². The summed E-state index contributed by atoms with van der Waals surface area (Å²) >= 11 is 0.978. The second-order valence-corrected chi connectivity index (χ2v) is 4.84. The van der Waals surface area contributed by atoms with Gasteiger partial charge < -0.3 is 16.4 Å². The zero-order chi connectivity index (χ0) is 12.8. The maximum Gasteiger partial charge on any atom is 0.282 e. The molecule has 0 aliphatic carbocycles. The Morgan fingerprint density at radius 3 is 2.59 bits per heavy atom. The molecule has 2 amide bonds. The summed E-state index contributed by atoms with van der Waals surface area (Å²) in [7, 11) is 0. The smallest absolute Gasteiger partial charge is 0.282 e. The molecule has 8 heteroatoms. The van der Waals surface area contributed by atoms with Crippen LogP contribution in [0.15, 0.2) is 0 Å². The van der Waals surface area contributed by atoms with Gasteiger partial charge in [-0.1, -0.05) is 25.2 Å². The third-order valence-corrected chi connectivity index (χ3v) is 2.50. The van der Waals surface area contributed by atoms with E-state index in [9.17, 15) is 9.59 Å². The van der Waals surface area contributed by atoms with Crippen molar-refractivity contribution in [2.75, 3.05) is 18.8 Å². The second kappa shape index (κ2) is 6.14. The number of carbonyl (C=O) groups is 2. The predicted molar refractivity (Wildman–Crippen MR) is 64.5 cm³/mol. The van der Waals surface area contributed by atoms with Gasteiger partial charge in [0.2, 0.25) is 16.0 Å². The van der Waals surface area contributed by atoms with Gasteiger partial charge in [-0.25, -0.2) is 0 Å². The minimum absolute atomic E-state index is 0.0783. The molecule has 0 bridgehead atoms. The molecule has 0 spiro atoms. The minimum atomic E-state index is -0.445. The highest BCUT2D eigenvalue weighted by Gasteiger charge is 2.12. The molecule has 1 aromatic heterocycles. The van der Waals surface area contributed by atoms with Crippen molar-refractivity contribution in [1.29, 1.82) is 0 Å². The van der Waals surface area contributed by atoms with E-state index in [4.69, 9.17) is 5.73 Å². The molecule has 0 saturated heterocycles. The summed E-state index contributed by atoms with van der Waals surface area (Å²) in [5.41, 5.74) is 5.34. The van der Waals surface area contributed by atoms with Gasteiger partial charge in [0, 0.05) is 6.54 Å². The van der Waals surface area contributed by atoms with Gasteiger partial charge in [0.05, 0.1) is 6.54 Å². The van der Waals surface area contributed by atoms with E-state index in [2.05, 4.69) is 20.8 Å². The van der Waals surface area contributed by atoms with E-state index in [1.165, 1.54) is 0 Å². The van der Waals surface area contributed by atoms with Gasteiger partial charge in [0.1, 0.15) is 0 Å². The minimum Gasteiger partial charge on any atom is -0.374 e. The number of rotatable bonds is 5. The largest absolute Gasteiger partial charge is 0.374 e. The molecule has 1 heterocycles. The Kier molecular flexibility index (Phi) is 4.83. The molecule has 4 N–H and O–H groups in total. The summed E-state index contributed by atoms with van der Waals surface area (Å²) < 4.78 is 0. The summed E-state index contributed by atoms with van der Waals surface area (Å²) in [4.78, 5) is 22.8. The Balaban J connectivity index is 2.31. The monoisotopic (exact) mass is 257 g/mol. The topological polar surface area (TPSA) is 110 Å². The fraction of sp³-hybridized carbons (Fsp3) is 0.556. The lowest BCUT2D eigenvalue weighted by molar-refractivity contribution is -0.120. The molecule has 1 aromatic rings. The van der Waals surface area contributed by atoms with Crippen LogP contribution >= 0.6 is 11.3 Å². The number of nitrogen functional groups attached to an aromatic ring is 1. The van der Waals surface area contributed by atoms with E-state index in [0.29, 0.717) is 12.5 Å². The van der Waals surface area contributed by atoms with E-state index < -0.39 is 5.91 Å². The average molecular weight is 257 g/mol. The molecule has 0 aliphatic heterocycles. The first-order valence-electron chi connectivity index (χ1n) is 5.13. The van der Waals surface area contributed by atoms with Crippen LogP contribution in [0.2, 0.25) is 0 Å². The number of carbonyl (C=O) groups excluding carboxylic acids is 2. The molecule has 0 radical (unpaired) electrons. The molecular formula is C9H15N5O2S. The molecule has 0 aliphatic rings. The highest BCUT2D eigenvalue weighted by molar-refractivity contribution is 7.16. The maximum atomic E-state index is 11.5. The standard InChI is InChI=1S/C9H15N5O2S/c1-5(2)3-11-6(15)4-12-7(16)8-13-14-9(10)17-8/h5H,3-4H2,1-2H3,(H2,10,14)(H,11,15)(H,12,16). The first-order chi connectivity index (χ1) is 7.99. The lowest BCUT2D eigenvalue weighted by atomic mass is 10.2. The highest BCUT2D eigenvalue weighted by Crippen LogP contribution is 2.09. The lowest BCUT2D eigenvalue weighted by Crippen LogP contribution is -2.38. The maximum absolute atomic E-state index is 11.5. The van der Waals surface area contributed by atoms with Gasteiger partial charge in [0.15, 0.2) is 0 Å². The number of hydrogen-bond donors (Lipinski definition) is 3. The van der Waals surface area contributed by atoms with Gasteiger partial charge in [-0.2, -0.15) is 0 Å². The lowest BCUT2D eigenvalue weighted by Gasteiger charge is -2.07.